The molecule has 0 saturated carbocycles. The quantitative estimate of drug-likeness (QED) is 0.515. The van der Waals surface area contributed by atoms with E-state index in [9.17, 15) is 18.0 Å². The first-order valence-electron chi connectivity index (χ1n) is 3.81. The maximum absolute atomic E-state index is 12.5. The summed E-state index contributed by atoms with van der Waals surface area (Å²) in [5, 5.41) is 0. The molecule has 0 atom stereocenters. The molecule has 0 amide bonds. The van der Waals surface area contributed by atoms with Crippen LogP contribution in [0.25, 0.3) is 0 Å². The van der Waals surface area contributed by atoms with Crippen molar-refractivity contribution in [2.45, 2.75) is 13.1 Å². The van der Waals surface area contributed by atoms with Crippen LogP contribution < -0.4 is 0 Å². The number of rotatable bonds is 1. The Morgan fingerprint density at radius 2 is 1.93 bits per heavy atom. The molecular weight excluding hydrogens is 388 g/mol. The predicted molar refractivity (Wildman–Crippen MR) is 61.9 cm³/mol. The van der Waals surface area contributed by atoms with Gasteiger partial charge in [0.05, 0.1) is 5.56 Å². The normalized spacial score (nSPS) is 11.6. The monoisotopic (exact) mass is 392 g/mol. The molecule has 1 aromatic rings. The van der Waals surface area contributed by atoms with Crippen LogP contribution in [0, 0.1) is 3.57 Å². The van der Waals surface area contributed by atoms with Gasteiger partial charge in [-0.3, -0.25) is 4.79 Å². The van der Waals surface area contributed by atoms with Crippen molar-refractivity contribution < 1.29 is 18.0 Å². The van der Waals surface area contributed by atoms with Crippen LogP contribution in [-0.4, -0.2) is 5.78 Å². The van der Waals surface area contributed by atoms with Crippen molar-refractivity contribution in [3.05, 3.63) is 31.3 Å². The number of benzene rings is 1. The van der Waals surface area contributed by atoms with E-state index >= 15 is 0 Å². The Morgan fingerprint density at radius 3 is 2.33 bits per heavy atom. The molecule has 0 N–H and O–H groups in total. The van der Waals surface area contributed by atoms with E-state index in [4.69, 9.17) is 0 Å². The van der Waals surface area contributed by atoms with Gasteiger partial charge in [0.15, 0.2) is 5.78 Å². The summed E-state index contributed by atoms with van der Waals surface area (Å²) in [5.41, 5.74) is -0.479. The zero-order valence-electron chi connectivity index (χ0n) is 7.45. The first-order valence-corrected chi connectivity index (χ1v) is 5.68. The van der Waals surface area contributed by atoms with Crippen LogP contribution in [0.5, 0.6) is 0 Å². The number of Topliss-reactive ketones (excluding diaryl/α,β-unsaturated/α-hetero) is 1. The van der Waals surface area contributed by atoms with E-state index < -0.39 is 11.7 Å². The summed E-state index contributed by atoms with van der Waals surface area (Å²) in [4.78, 5) is 11.1. The molecular formula is C9H5BrF3IO. The summed E-state index contributed by atoms with van der Waals surface area (Å²) >= 11 is 4.57. The number of alkyl halides is 3. The number of ketones is 1. The standard InChI is InChI=1S/C9H5BrF3IO/c1-4(15)5-2-3-6(9(11,12)13)8(14)7(5)10/h2-3H,1H3. The molecule has 1 aromatic carbocycles. The summed E-state index contributed by atoms with van der Waals surface area (Å²) in [6, 6.07) is 2.10. The highest BCUT2D eigenvalue weighted by Gasteiger charge is 2.34. The molecule has 0 aromatic heterocycles. The van der Waals surface area contributed by atoms with Gasteiger partial charge in [0, 0.05) is 13.6 Å². The Kier molecular flexibility index (Phi) is 3.80. The lowest BCUT2D eigenvalue weighted by atomic mass is 10.1. The third kappa shape index (κ3) is 2.72. The molecule has 0 spiro atoms. The SMILES string of the molecule is CC(=O)c1ccc(C(F)(F)F)c(I)c1Br. The largest absolute Gasteiger partial charge is 0.417 e. The van der Waals surface area contributed by atoms with Crippen molar-refractivity contribution in [2.75, 3.05) is 0 Å². The fourth-order valence-electron chi connectivity index (χ4n) is 1.04. The van der Waals surface area contributed by atoms with Gasteiger partial charge in [0.2, 0.25) is 0 Å². The van der Waals surface area contributed by atoms with Gasteiger partial charge in [-0.2, -0.15) is 13.2 Å². The van der Waals surface area contributed by atoms with Crippen LogP contribution >= 0.6 is 38.5 Å². The van der Waals surface area contributed by atoms with Crippen molar-refractivity contribution in [1.29, 1.82) is 0 Å². The van der Waals surface area contributed by atoms with Gasteiger partial charge >= 0.3 is 6.18 Å². The van der Waals surface area contributed by atoms with Crippen molar-refractivity contribution in [1.82, 2.24) is 0 Å². The van der Waals surface area contributed by atoms with Crippen LogP contribution in [0.2, 0.25) is 0 Å². The Balaban J connectivity index is 3.41. The predicted octanol–water partition coefficient (Wildman–Crippen LogP) is 4.28. The first kappa shape index (κ1) is 13.0. The number of hydrogen-bond donors (Lipinski definition) is 0. The first-order chi connectivity index (χ1) is 6.75. The summed E-state index contributed by atoms with van der Waals surface area (Å²) in [7, 11) is 0. The van der Waals surface area contributed by atoms with Crippen molar-refractivity contribution in [2.24, 2.45) is 0 Å². The van der Waals surface area contributed by atoms with Crippen molar-refractivity contribution in [3.8, 4) is 0 Å². The molecule has 82 valence electrons. The average molecular weight is 393 g/mol. The Labute approximate surface area is 106 Å². The molecule has 0 fully saturated rings. The second kappa shape index (κ2) is 4.40. The van der Waals surface area contributed by atoms with Crippen LogP contribution in [-0.2, 0) is 6.18 Å². The minimum Gasteiger partial charge on any atom is -0.294 e. The Bertz CT molecular complexity index is 415. The number of carbonyl (C=O) groups is 1. The van der Waals surface area contributed by atoms with E-state index in [1.54, 1.807) is 22.6 Å². The lowest BCUT2D eigenvalue weighted by Crippen LogP contribution is -2.09. The molecule has 0 aliphatic rings. The van der Waals surface area contributed by atoms with Gasteiger partial charge in [-0.05, 0) is 57.6 Å². The lowest BCUT2D eigenvalue weighted by molar-refractivity contribution is -0.138. The molecule has 0 bridgehead atoms. The fourth-order valence-corrected chi connectivity index (χ4v) is 2.44. The molecule has 0 radical (unpaired) electrons. The second-order valence-corrected chi connectivity index (χ2v) is 4.71. The Hall–Kier alpha value is -0.110. The maximum atomic E-state index is 12.5. The molecule has 1 rings (SSSR count). The average Bonchev–Trinajstić information content (AvgIpc) is 2.06. The van der Waals surface area contributed by atoms with Gasteiger partial charge in [0.25, 0.3) is 0 Å². The van der Waals surface area contributed by atoms with Gasteiger partial charge < -0.3 is 0 Å². The van der Waals surface area contributed by atoms with E-state index in [-0.39, 0.29) is 19.4 Å². The van der Waals surface area contributed by atoms with Crippen LogP contribution in [0.4, 0.5) is 13.2 Å². The molecule has 6 heteroatoms. The molecule has 15 heavy (non-hydrogen) atoms. The van der Waals surface area contributed by atoms with Crippen molar-refractivity contribution in [3.63, 3.8) is 0 Å². The van der Waals surface area contributed by atoms with Gasteiger partial charge in [-0.15, -0.1) is 0 Å². The molecule has 0 saturated heterocycles. The van der Waals surface area contributed by atoms with Crippen LogP contribution in [0.3, 0.4) is 0 Å². The number of carbonyl (C=O) groups excluding carboxylic acids is 1. The summed E-state index contributed by atoms with van der Waals surface area (Å²) < 4.78 is 37.6. The fraction of sp³-hybridized carbons (Fsp3) is 0.222. The molecule has 1 nitrogen and oxygen atoms in total. The van der Waals surface area contributed by atoms with Gasteiger partial charge in [0.1, 0.15) is 0 Å². The van der Waals surface area contributed by atoms with E-state index in [0.717, 1.165) is 6.07 Å². The molecule has 0 heterocycles. The zero-order valence-corrected chi connectivity index (χ0v) is 11.2. The van der Waals surface area contributed by atoms with Crippen LogP contribution in [0.1, 0.15) is 22.8 Å². The zero-order chi connectivity index (χ0) is 11.8. The number of hydrogen-bond acceptors (Lipinski definition) is 1. The second-order valence-electron chi connectivity index (χ2n) is 2.84. The summed E-state index contributed by atoms with van der Waals surface area (Å²) in [5.74, 6) is -0.270. The van der Waals surface area contributed by atoms with E-state index in [1.165, 1.54) is 13.0 Å². The van der Waals surface area contributed by atoms with E-state index in [0.29, 0.717) is 0 Å². The molecule has 0 unspecified atom stereocenters. The minimum absolute atomic E-state index is 0.00722. The van der Waals surface area contributed by atoms with E-state index in [2.05, 4.69) is 15.9 Å². The lowest BCUT2D eigenvalue weighted by Gasteiger charge is -2.12. The maximum Gasteiger partial charge on any atom is 0.417 e. The number of halogens is 5. The minimum atomic E-state index is -4.39. The van der Waals surface area contributed by atoms with Crippen molar-refractivity contribution >= 4 is 44.3 Å². The third-order valence-corrected chi connectivity index (χ3v) is 4.45. The Morgan fingerprint density at radius 1 is 1.40 bits per heavy atom. The molecule has 0 aliphatic heterocycles. The summed E-state index contributed by atoms with van der Waals surface area (Å²) in [6.45, 7) is 1.31. The molecule has 0 aliphatic carbocycles. The third-order valence-electron chi connectivity index (χ3n) is 1.77. The topological polar surface area (TPSA) is 17.1 Å². The van der Waals surface area contributed by atoms with Gasteiger partial charge in [-0.1, -0.05) is 0 Å². The van der Waals surface area contributed by atoms with Gasteiger partial charge in [-0.25, -0.2) is 0 Å². The highest BCUT2D eigenvalue weighted by atomic mass is 127. The summed E-state index contributed by atoms with van der Waals surface area (Å²) in [6.07, 6.45) is -4.39. The smallest absolute Gasteiger partial charge is 0.294 e. The highest BCUT2D eigenvalue weighted by molar-refractivity contribution is 14.1. The van der Waals surface area contributed by atoms with Crippen LogP contribution in [0.15, 0.2) is 16.6 Å². The highest BCUT2D eigenvalue weighted by Crippen LogP contribution is 2.37. The van der Waals surface area contributed by atoms with E-state index in [1.807, 2.05) is 0 Å².